The van der Waals surface area contributed by atoms with Crippen molar-refractivity contribution in [3.8, 4) is 0 Å². The molecule has 0 bridgehead atoms. The second-order valence-electron chi connectivity index (χ2n) is 2.88. The molecule has 1 rings (SSSR count). The predicted octanol–water partition coefficient (Wildman–Crippen LogP) is 3.46. The summed E-state index contributed by atoms with van der Waals surface area (Å²) in [4.78, 5) is 0. The summed E-state index contributed by atoms with van der Waals surface area (Å²) >= 11 is 0. The molecule has 0 aliphatic heterocycles. The smallest absolute Gasteiger partial charge is 0.103 e. The Bertz CT molecular complexity index is 287. The van der Waals surface area contributed by atoms with Crippen molar-refractivity contribution in [1.29, 1.82) is 0 Å². The van der Waals surface area contributed by atoms with E-state index in [4.69, 9.17) is 4.74 Å². The Balaban J connectivity index is 2.73. The van der Waals surface area contributed by atoms with Crippen molar-refractivity contribution in [2.75, 3.05) is 0 Å². The lowest BCUT2D eigenvalue weighted by Gasteiger charge is -2.13. The van der Waals surface area contributed by atoms with Crippen LogP contribution in [0.5, 0.6) is 0 Å². The number of ether oxygens (including phenoxy) is 1. The van der Waals surface area contributed by atoms with Gasteiger partial charge in [-0.25, -0.2) is 0 Å². The zero-order chi connectivity index (χ0) is 9.68. The van der Waals surface area contributed by atoms with Crippen LogP contribution in [-0.2, 0) is 4.74 Å². The number of allylic oxidation sites excluding steroid dienone is 1. The Morgan fingerprint density at radius 1 is 1.38 bits per heavy atom. The molecule has 0 N–H and O–H groups in total. The fourth-order valence-corrected chi connectivity index (χ4v) is 1.14. The average Bonchev–Trinajstić information content (AvgIpc) is 2.18. The first-order valence-electron chi connectivity index (χ1n) is 4.27. The van der Waals surface area contributed by atoms with Crippen molar-refractivity contribution in [2.45, 2.75) is 12.8 Å². The van der Waals surface area contributed by atoms with Crippen LogP contribution in [0.4, 0.5) is 0 Å². The summed E-state index contributed by atoms with van der Waals surface area (Å²) in [5.74, 6) is 0.931. The molecule has 1 atom stereocenters. The van der Waals surface area contributed by atoms with Gasteiger partial charge in [0, 0.05) is 5.92 Å². The number of hydrogen-bond acceptors (Lipinski definition) is 1. The molecule has 0 aromatic heterocycles. The first kappa shape index (κ1) is 9.59. The topological polar surface area (TPSA) is 9.23 Å². The fraction of sp³-hybridized carbons (Fsp3) is 0.167. The van der Waals surface area contributed by atoms with E-state index in [1.807, 2.05) is 18.2 Å². The first-order valence-corrected chi connectivity index (χ1v) is 4.27. The normalized spacial score (nSPS) is 11.8. The van der Waals surface area contributed by atoms with Gasteiger partial charge in [-0.2, -0.15) is 0 Å². The molecule has 0 fully saturated rings. The Kier molecular flexibility index (Phi) is 3.32. The lowest BCUT2D eigenvalue weighted by molar-refractivity contribution is 0.326. The second kappa shape index (κ2) is 4.51. The third-order valence-corrected chi connectivity index (χ3v) is 2.02. The molecule has 0 heterocycles. The van der Waals surface area contributed by atoms with E-state index in [-0.39, 0.29) is 5.92 Å². The largest absolute Gasteiger partial charge is 0.470 e. The van der Waals surface area contributed by atoms with Crippen LogP contribution in [0.3, 0.4) is 0 Å². The van der Waals surface area contributed by atoms with Crippen LogP contribution in [0.1, 0.15) is 18.4 Å². The quantitative estimate of drug-likeness (QED) is 0.635. The summed E-state index contributed by atoms with van der Waals surface area (Å²) in [5, 5.41) is 0. The van der Waals surface area contributed by atoms with E-state index < -0.39 is 0 Å². The van der Waals surface area contributed by atoms with Gasteiger partial charge < -0.3 is 4.74 Å². The van der Waals surface area contributed by atoms with E-state index >= 15 is 0 Å². The van der Waals surface area contributed by atoms with Crippen LogP contribution in [0.15, 0.2) is 55.5 Å². The van der Waals surface area contributed by atoms with Gasteiger partial charge in [-0.05, 0) is 5.56 Å². The number of hydrogen-bond donors (Lipinski definition) is 0. The van der Waals surface area contributed by atoms with E-state index in [2.05, 4.69) is 32.2 Å². The lowest BCUT2D eigenvalue weighted by Crippen LogP contribution is -1.97. The highest BCUT2D eigenvalue weighted by Crippen LogP contribution is 2.22. The maximum Gasteiger partial charge on any atom is 0.103 e. The molecule has 1 aromatic carbocycles. The van der Waals surface area contributed by atoms with Crippen LogP contribution in [0, 0.1) is 0 Å². The number of benzene rings is 1. The summed E-state index contributed by atoms with van der Waals surface area (Å²) in [7, 11) is 0. The van der Waals surface area contributed by atoms with Gasteiger partial charge in [0.15, 0.2) is 0 Å². The van der Waals surface area contributed by atoms with Crippen LogP contribution >= 0.6 is 0 Å². The first-order chi connectivity index (χ1) is 6.25. The third-order valence-electron chi connectivity index (χ3n) is 2.02. The van der Waals surface area contributed by atoms with Gasteiger partial charge >= 0.3 is 0 Å². The van der Waals surface area contributed by atoms with Gasteiger partial charge in [0.25, 0.3) is 0 Å². The molecule has 13 heavy (non-hydrogen) atoms. The average molecular weight is 174 g/mol. The minimum absolute atomic E-state index is 0.208. The molecule has 0 saturated heterocycles. The molecule has 1 heteroatoms. The Morgan fingerprint density at radius 3 is 2.54 bits per heavy atom. The van der Waals surface area contributed by atoms with Crippen molar-refractivity contribution in [3.63, 3.8) is 0 Å². The summed E-state index contributed by atoms with van der Waals surface area (Å²) in [6.45, 7) is 9.38. The highest BCUT2D eigenvalue weighted by atomic mass is 16.5. The van der Waals surface area contributed by atoms with E-state index in [9.17, 15) is 0 Å². The van der Waals surface area contributed by atoms with Crippen LogP contribution in [0.25, 0.3) is 0 Å². The Labute approximate surface area is 79.4 Å². The molecule has 0 aliphatic carbocycles. The summed E-state index contributed by atoms with van der Waals surface area (Å²) < 4.78 is 5.13. The molecular formula is C12H14O. The predicted molar refractivity (Wildman–Crippen MR) is 55.3 cm³/mol. The van der Waals surface area contributed by atoms with Crippen LogP contribution < -0.4 is 0 Å². The maximum atomic E-state index is 5.13. The molecule has 0 aliphatic rings. The fourth-order valence-electron chi connectivity index (χ4n) is 1.14. The molecule has 0 radical (unpaired) electrons. The lowest BCUT2D eigenvalue weighted by atomic mass is 10.0. The molecule has 1 unspecified atom stereocenters. The monoisotopic (exact) mass is 174 g/mol. The molecular weight excluding hydrogens is 160 g/mol. The maximum absolute atomic E-state index is 5.13. The zero-order valence-electron chi connectivity index (χ0n) is 7.86. The summed E-state index contributed by atoms with van der Waals surface area (Å²) in [6, 6.07) is 10.1. The molecule has 1 aromatic rings. The van der Waals surface area contributed by atoms with Gasteiger partial charge in [0.05, 0.1) is 6.26 Å². The van der Waals surface area contributed by atoms with Crippen molar-refractivity contribution in [2.24, 2.45) is 0 Å². The molecule has 0 spiro atoms. The third kappa shape index (κ3) is 2.48. The van der Waals surface area contributed by atoms with Crippen LogP contribution in [0.2, 0.25) is 0 Å². The van der Waals surface area contributed by atoms with E-state index in [0.717, 1.165) is 5.76 Å². The second-order valence-corrected chi connectivity index (χ2v) is 2.88. The van der Waals surface area contributed by atoms with Crippen molar-refractivity contribution >= 4 is 0 Å². The van der Waals surface area contributed by atoms with Gasteiger partial charge in [-0.1, -0.05) is 50.4 Å². The molecule has 0 amide bonds. The Morgan fingerprint density at radius 2 is 2.00 bits per heavy atom. The highest BCUT2D eigenvalue weighted by molar-refractivity contribution is 5.24. The SMILES string of the molecule is C=COC(=C)C(C)c1ccccc1. The van der Waals surface area contributed by atoms with Gasteiger partial charge in [-0.3, -0.25) is 0 Å². The van der Waals surface area contributed by atoms with Gasteiger partial charge in [0.1, 0.15) is 5.76 Å². The molecule has 1 nitrogen and oxygen atoms in total. The van der Waals surface area contributed by atoms with Crippen LogP contribution in [-0.4, -0.2) is 0 Å². The Hall–Kier alpha value is -1.50. The van der Waals surface area contributed by atoms with Gasteiger partial charge in [-0.15, -0.1) is 0 Å². The standard InChI is InChI=1S/C12H14O/c1-4-13-11(3)10(2)12-8-6-5-7-9-12/h4-10H,1,3H2,2H3. The minimum Gasteiger partial charge on any atom is -0.470 e. The van der Waals surface area contributed by atoms with Crippen molar-refractivity contribution < 1.29 is 4.74 Å². The summed E-state index contributed by atoms with van der Waals surface area (Å²) in [5.41, 5.74) is 1.20. The minimum atomic E-state index is 0.208. The van der Waals surface area contributed by atoms with Crippen molar-refractivity contribution in [1.82, 2.24) is 0 Å². The van der Waals surface area contributed by atoms with E-state index in [1.165, 1.54) is 11.8 Å². The van der Waals surface area contributed by atoms with Gasteiger partial charge in [0.2, 0.25) is 0 Å². The van der Waals surface area contributed by atoms with E-state index in [1.54, 1.807) is 0 Å². The molecule has 0 saturated carbocycles. The molecule has 68 valence electrons. The highest BCUT2D eigenvalue weighted by Gasteiger charge is 2.08. The van der Waals surface area contributed by atoms with E-state index in [0.29, 0.717) is 0 Å². The zero-order valence-corrected chi connectivity index (χ0v) is 7.86. The van der Waals surface area contributed by atoms with Crippen molar-refractivity contribution in [3.05, 3.63) is 61.1 Å². The number of rotatable bonds is 4. The summed E-state index contributed by atoms with van der Waals surface area (Å²) in [6.07, 6.45) is 1.40.